The first-order valence-electron chi connectivity index (χ1n) is 5.03. The summed E-state index contributed by atoms with van der Waals surface area (Å²) in [5.41, 5.74) is 4.94. The summed E-state index contributed by atoms with van der Waals surface area (Å²) in [6, 6.07) is 2.81. The highest BCUT2D eigenvalue weighted by Crippen LogP contribution is 2.29. The normalized spacial score (nSPS) is 22.8. The fourth-order valence-corrected chi connectivity index (χ4v) is 3.09. The molecule has 0 bridgehead atoms. The number of nitrogens with one attached hydrogen (secondary N) is 1. The fourth-order valence-electron chi connectivity index (χ4n) is 1.47. The van der Waals surface area contributed by atoms with E-state index >= 15 is 0 Å². The molecule has 9 heteroatoms. The monoisotopic (exact) mass is 291 g/mol. The maximum Gasteiger partial charge on any atom is 0.290 e. The summed E-state index contributed by atoms with van der Waals surface area (Å²) in [5.74, 6) is 0. The highest BCUT2D eigenvalue weighted by Gasteiger charge is 2.39. The van der Waals surface area contributed by atoms with Crippen molar-refractivity contribution in [1.29, 1.82) is 0 Å². The van der Waals surface area contributed by atoms with Crippen LogP contribution in [0.1, 0.15) is 6.42 Å². The van der Waals surface area contributed by atoms with Crippen LogP contribution in [0, 0.1) is 10.1 Å². The Hall–Kier alpha value is -1.22. The molecule has 2 atom stereocenters. The van der Waals surface area contributed by atoms with Gasteiger partial charge in [0.1, 0.15) is 0 Å². The van der Waals surface area contributed by atoms with Crippen LogP contribution in [0.2, 0.25) is 5.02 Å². The van der Waals surface area contributed by atoms with E-state index in [-0.39, 0.29) is 17.1 Å². The highest BCUT2D eigenvalue weighted by molar-refractivity contribution is 7.89. The Labute approximate surface area is 108 Å². The molecule has 7 nitrogen and oxygen atoms in total. The van der Waals surface area contributed by atoms with Gasteiger partial charge in [-0.2, -0.15) is 0 Å². The maximum absolute atomic E-state index is 12.0. The van der Waals surface area contributed by atoms with Gasteiger partial charge in [0.15, 0.2) is 4.90 Å². The van der Waals surface area contributed by atoms with Crippen molar-refractivity contribution in [3.05, 3.63) is 33.3 Å². The van der Waals surface area contributed by atoms with Gasteiger partial charge >= 0.3 is 0 Å². The van der Waals surface area contributed by atoms with Crippen LogP contribution in [0.25, 0.3) is 0 Å². The van der Waals surface area contributed by atoms with E-state index in [0.717, 1.165) is 12.1 Å². The average molecular weight is 292 g/mol. The molecule has 1 aliphatic rings. The van der Waals surface area contributed by atoms with Gasteiger partial charge in [0.2, 0.25) is 10.0 Å². The SMILES string of the molecule is NC1CC1NS(=O)(=O)c1ccc(Cl)cc1[N+](=O)[O-]. The average Bonchev–Trinajstić information content (AvgIpc) is 2.92. The molecule has 0 amide bonds. The molecule has 0 saturated heterocycles. The summed E-state index contributed by atoms with van der Waals surface area (Å²) in [4.78, 5) is 9.63. The molecule has 1 aromatic rings. The Morgan fingerprint density at radius 3 is 2.61 bits per heavy atom. The van der Waals surface area contributed by atoms with Crippen molar-refractivity contribution in [2.24, 2.45) is 5.73 Å². The van der Waals surface area contributed by atoms with Crippen LogP contribution in [0.5, 0.6) is 0 Å². The molecular weight excluding hydrogens is 282 g/mol. The third kappa shape index (κ3) is 2.61. The van der Waals surface area contributed by atoms with Gasteiger partial charge in [-0.3, -0.25) is 10.1 Å². The lowest BCUT2D eigenvalue weighted by molar-refractivity contribution is -0.387. The zero-order chi connectivity index (χ0) is 13.5. The highest BCUT2D eigenvalue weighted by atomic mass is 35.5. The first-order valence-corrected chi connectivity index (χ1v) is 6.89. The third-order valence-corrected chi connectivity index (χ3v) is 4.33. The number of sulfonamides is 1. The lowest BCUT2D eigenvalue weighted by Gasteiger charge is -2.06. The topological polar surface area (TPSA) is 115 Å². The van der Waals surface area contributed by atoms with Crippen LogP contribution in [-0.2, 0) is 10.0 Å². The van der Waals surface area contributed by atoms with Crippen LogP contribution in [0.15, 0.2) is 23.1 Å². The Bertz CT molecular complexity index is 604. The molecule has 0 spiro atoms. The number of benzene rings is 1. The quantitative estimate of drug-likeness (QED) is 0.623. The van der Waals surface area contributed by atoms with Gasteiger partial charge in [-0.05, 0) is 18.6 Å². The van der Waals surface area contributed by atoms with Gasteiger partial charge in [-0.15, -0.1) is 0 Å². The van der Waals surface area contributed by atoms with Crippen LogP contribution in [0.4, 0.5) is 5.69 Å². The molecule has 2 unspecified atom stereocenters. The van der Waals surface area contributed by atoms with Crippen molar-refractivity contribution >= 4 is 27.3 Å². The summed E-state index contributed by atoms with van der Waals surface area (Å²) in [6.07, 6.45) is 0.528. The number of rotatable bonds is 4. The molecular formula is C9H10ClN3O4S. The molecule has 1 saturated carbocycles. The number of nitro benzene ring substituents is 1. The molecule has 0 radical (unpaired) electrons. The van der Waals surface area contributed by atoms with E-state index in [1.165, 1.54) is 6.07 Å². The predicted octanol–water partition coefficient (Wildman–Crippen LogP) is 0.626. The minimum absolute atomic E-state index is 0.101. The first-order chi connectivity index (χ1) is 8.31. The lowest BCUT2D eigenvalue weighted by atomic mass is 10.3. The lowest BCUT2D eigenvalue weighted by Crippen LogP contribution is -2.30. The second kappa shape index (κ2) is 4.47. The van der Waals surface area contributed by atoms with Crippen LogP contribution in [0.3, 0.4) is 0 Å². The van der Waals surface area contributed by atoms with Crippen molar-refractivity contribution in [2.45, 2.75) is 23.4 Å². The number of nitrogens with zero attached hydrogens (tertiary/aromatic N) is 1. The van der Waals surface area contributed by atoms with E-state index in [1.54, 1.807) is 0 Å². The van der Waals surface area contributed by atoms with Gasteiger partial charge in [-0.1, -0.05) is 11.6 Å². The minimum Gasteiger partial charge on any atom is -0.326 e. The number of hydrogen-bond acceptors (Lipinski definition) is 5. The van der Waals surface area contributed by atoms with Crippen LogP contribution < -0.4 is 10.5 Å². The smallest absolute Gasteiger partial charge is 0.290 e. The summed E-state index contributed by atoms with van der Waals surface area (Å²) in [6.45, 7) is 0. The summed E-state index contributed by atoms with van der Waals surface area (Å²) < 4.78 is 26.2. The van der Waals surface area contributed by atoms with Crippen molar-refractivity contribution in [3.63, 3.8) is 0 Å². The van der Waals surface area contributed by atoms with Crippen LogP contribution >= 0.6 is 11.6 Å². The Kier molecular flexibility index (Phi) is 3.28. The van der Waals surface area contributed by atoms with Crippen molar-refractivity contribution in [2.75, 3.05) is 0 Å². The zero-order valence-corrected chi connectivity index (χ0v) is 10.6. The molecule has 1 aromatic carbocycles. The molecule has 0 aliphatic heterocycles. The van der Waals surface area contributed by atoms with Gasteiger partial charge < -0.3 is 5.73 Å². The second-order valence-electron chi connectivity index (χ2n) is 4.00. The van der Waals surface area contributed by atoms with Crippen molar-refractivity contribution in [1.82, 2.24) is 4.72 Å². The number of nitro groups is 1. The van der Waals surface area contributed by atoms with E-state index < -0.39 is 25.5 Å². The molecule has 3 N–H and O–H groups in total. The molecule has 1 aliphatic carbocycles. The largest absolute Gasteiger partial charge is 0.326 e. The van der Waals surface area contributed by atoms with E-state index in [4.69, 9.17) is 17.3 Å². The van der Waals surface area contributed by atoms with E-state index in [0.29, 0.717) is 6.42 Å². The van der Waals surface area contributed by atoms with E-state index in [2.05, 4.69) is 4.72 Å². The van der Waals surface area contributed by atoms with Gasteiger partial charge in [0.05, 0.1) is 4.92 Å². The molecule has 18 heavy (non-hydrogen) atoms. The molecule has 2 rings (SSSR count). The number of halogens is 1. The third-order valence-electron chi connectivity index (χ3n) is 2.55. The molecule has 0 heterocycles. The Morgan fingerprint density at radius 1 is 1.50 bits per heavy atom. The number of nitrogens with two attached hydrogens (primary N) is 1. The maximum atomic E-state index is 12.0. The summed E-state index contributed by atoms with van der Waals surface area (Å²) in [5, 5.41) is 10.9. The van der Waals surface area contributed by atoms with Gasteiger partial charge in [-0.25, -0.2) is 13.1 Å². The molecule has 0 aromatic heterocycles. The van der Waals surface area contributed by atoms with Crippen molar-refractivity contribution < 1.29 is 13.3 Å². The zero-order valence-electron chi connectivity index (χ0n) is 9.04. The van der Waals surface area contributed by atoms with Gasteiger partial charge in [0, 0.05) is 23.2 Å². The Balaban J connectivity index is 2.40. The first kappa shape index (κ1) is 13.2. The summed E-state index contributed by atoms with van der Waals surface area (Å²) >= 11 is 5.61. The molecule has 98 valence electrons. The van der Waals surface area contributed by atoms with Crippen LogP contribution in [-0.4, -0.2) is 25.4 Å². The van der Waals surface area contributed by atoms with Crippen molar-refractivity contribution in [3.8, 4) is 0 Å². The number of hydrogen-bond donors (Lipinski definition) is 2. The fraction of sp³-hybridized carbons (Fsp3) is 0.333. The van der Waals surface area contributed by atoms with Gasteiger partial charge in [0.25, 0.3) is 5.69 Å². The minimum atomic E-state index is -3.95. The Morgan fingerprint density at radius 2 is 2.11 bits per heavy atom. The van der Waals surface area contributed by atoms with E-state index in [9.17, 15) is 18.5 Å². The second-order valence-corrected chi connectivity index (χ2v) is 6.12. The standard InChI is InChI=1S/C9H10ClN3O4S/c10-5-1-2-9(8(3-5)13(14)15)18(16,17)12-7-4-6(7)11/h1-3,6-7,12H,4,11H2. The predicted molar refractivity (Wildman–Crippen MR) is 64.8 cm³/mol. The van der Waals surface area contributed by atoms with E-state index in [1.807, 2.05) is 0 Å². The molecule has 1 fully saturated rings. The summed E-state index contributed by atoms with van der Waals surface area (Å²) in [7, 11) is -3.95.